The molecule has 0 unspecified atom stereocenters. The monoisotopic (exact) mass is 551 g/mol. The minimum Gasteiger partial charge on any atom is -0.726 e. The Kier molecular flexibility index (Phi) is 18.3. The van der Waals surface area contributed by atoms with Gasteiger partial charge in [0.1, 0.15) is 5.82 Å². The quantitative estimate of drug-likeness (QED) is 0.160. The zero-order valence-corrected chi connectivity index (χ0v) is 24.1. The molecule has 7 nitrogen and oxygen atoms in total. The van der Waals surface area contributed by atoms with Crippen LogP contribution in [0.1, 0.15) is 79.1 Å². The second-order valence-corrected chi connectivity index (χ2v) is 10.5. The first kappa shape index (κ1) is 34.8. The van der Waals surface area contributed by atoms with Crippen LogP contribution >= 0.6 is 11.6 Å². The van der Waals surface area contributed by atoms with Crippen molar-refractivity contribution in [3.05, 3.63) is 35.2 Å². The number of nitrogens with zero attached hydrogens (tertiary/aromatic N) is 2. The van der Waals surface area contributed by atoms with E-state index < -0.39 is 10.4 Å². The van der Waals surface area contributed by atoms with Gasteiger partial charge in [0.25, 0.3) is 0 Å². The molecule has 0 bridgehead atoms. The molecule has 0 radical (unpaired) electrons. The Hall–Kier alpha value is -1.23. The van der Waals surface area contributed by atoms with E-state index >= 15 is 0 Å². The number of aromatic nitrogens is 1. The third-order valence-electron chi connectivity index (χ3n) is 6.13. The summed E-state index contributed by atoms with van der Waals surface area (Å²) in [7, 11) is -4.92. The van der Waals surface area contributed by atoms with Gasteiger partial charge < -0.3 is 19.3 Å². The Morgan fingerprint density at radius 2 is 1.39 bits per heavy atom. The van der Waals surface area contributed by atoms with Gasteiger partial charge in [-0.3, -0.25) is 4.55 Å². The minimum absolute atomic E-state index is 0.148. The Morgan fingerprint density at radius 3 is 1.75 bits per heavy atom. The van der Waals surface area contributed by atoms with E-state index in [-0.39, 0.29) is 10.8 Å². The number of unbranched alkanes of at least 4 members (excludes halogenated alkanes) is 4. The zero-order chi connectivity index (χ0) is 27.6. The maximum absolute atomic E-state index is 13.1. The van der Waals surface area contributed by atoms with E-state index in [1.807, 2.05) is 16.8 Å². The second-order valence-electron chi connectivity index (χ2n) is 9.20. The molecule has 1 aromatic heterocycles. The summed E-state index contributed by atoms with van der Waals surface area (Å²) in [4.78, 5) is 0. The summed E-state index contributed by atoms with van der Waals surface area (Å²) >= 11 is 5.70. The SMILES string of the molecule is CCCC[N+](CCCC)(CCCC)CCCC.NCCn1ccc2cc(F)c(Cl)cc21.O=S(=O)([O-])O. The first-order valence-electron chi connectivity index (χ1n) is 13.1. The van der Waals surface area contributed by atoms with Crippen molar-refractivity contribution < 1.29 is 26.4 Å². The minimum atomic E-state index is -4.92. The molecule has 0 amide bonds. The van der Waals surface area contributed by atoms with Crippen molar-refractivity contribution in [2.24, 2.45) is 5.73 Å². The summed E-state index contributed by atoms with van der Waals surface area (Å²) in [6.45, 7) is 16.3. The molecule has 36 heavy (non-hydrogen) atoms. The molecular formula is C26H47ClFN3O4S. The highest BCUT2D eigenvalue weighted by Gasteiger charge is 2.24. The van der Waals surface area contributed by atoms with Crippen LogP contribution in [0, 0.1) is 5.82 Å². The summed E-state index contributed by atoms with van der Waals surface area (Å²) in [6, 6.07) is 4.91. The van der Waals surface area contributed by atoms with E-state index in [9.17, 15) is 4.39 Å². The topological polar surface area (TPSA) is 108 Å². The standard InChI is InChI=1S/C16H36N.C10H10ClFN2.H2O4S/c1-5-9-13-17(14-10-6-2,15-11-7-3)16-12-8-4;11-8-6-10-7(5-9(8)12)1-3-14(10)4-2-13;1-5(2,3)4/h5-16H2,1-4H3;1,3,5-6H,2,4,13H2;(H2,1,2,3,4)/q+1;;/p-1. The van der Waals surface area contributed by atoms with Crippen LogP contribution in [0.5, 0.6) is 0 Å². The Morgan fingerprint density at radius 1 is 0.972 bits per heavy atom. The molecule has 0 aliphatic heterocycles. The average Bonchev–Trinajstić information content (AvgIpc) is 3.19. The molecule has 2 rings (SSSR count). The Labute approximate surface area is 223 Å². The Balaban J connectivity index is 0.000000579. The summed E-state index contributed by atoms with van der Waals surface area (Å²) in [5.41, 5.74) is 6.37. The normalized spacial score (nSPS) is 11.6. The smallest absolute Gasteiger partial charge is 0.215 e. The van der Waals surface area contributed by atoms with Gasteiger partial charge in [-0.25, -0.2) is 12.8 Å². The predicted molar refractivity (Wildman–Crippen MR) is 148 cm³/mol. The fourth-order valence-corrected chi connectivity index (χ4v) is 4.32. The number of quaternary nitrogens is 1. The summed E-state index contributed by atoms with van der Waals surface area (Å²) in [5, 5.41) is 0.995. The number of nitrogens with two attached hydrogens (primary N) is 1. The van der Waals surface area contributed by atoms with Crippen LogP contribution in [-0.2, 0) is 16.9 Å². The molecule has 2 aromatic rings. The number of halogens is 2. The number of hydrogen-bond donors (Lipinski definition) is 2. The molecule has 0 spiro atoms. The van der Waals surface area contributed by atoms with Gasteiger partial charge in [0, 0.05) is 30.2 Å². The average molecular weight is 552 g/mol. The third-order valence-corrected chi connectivity index (χ3v) is 6.42. The van der Waals surface area contributed by atoms with Crippen molar-refractivity contribution in [1.82, 2.24) is 4.57 Å². The number of rotatable bonds is 14. The number of hydrogen-bond acceptors (Lipinski definition) is 4. The lowest BCUT2D eigenvalue weighted by atomic mass is 10.1. The van der Waals surface area contributed by atoms with E-state index in [4.69, 9.17) is 34.9 Å². The molecule has 3 N–H and O–H groups in total. The van der Waals surface area contributed by atoms with Gasteiger partial charge in [-0.1, -0.05) is 65.0 Å². The third kappa shape index (κ3) is 15.1. The van der Waals surface area contributed by atoms with E-state index in [1.54, 1.807) is 6.07 Å². The number of benzene rings is 1. The molecule has 0 fully saturated rings. The maximum Gasteiger partial charge on any atom is 0.215 e. The largest absolute Gasteiger partial charge is 0.726 e. The molecule has 0 saturated heterocycles. The predicted octanol–water partition coefficient (Wildman–Crippen LogP) is 6.40. The van der Waals surface area contributed by atoms with E-state index in [2.05, 4.69) is 27.7 Å². The second kappa shape index (κ2) is 18.9. The van der Waals surface area contributed by atoms with Gasteiger partial charge in [-0.15, -0.1) is 0 Å². The molecular weight excluding hydrogens is 505 g/mol. The molecule has 0 aliphatic rings. The maximum atomic E-state index is 13.1. The van der Waals surface area contributed by atoms with Gasteiger partial charge in [0.15, 0.2) is 0 Å². The lowest BCUT2D eigenvalue weighted by molar-refractivity contribution is -0.929. The van der Waals surface area contributed by atoms with Crippen LogP contribution < -0.4 is 5.73 Å². The van der Waals surface area contributed by atoms with Crippen LogP contribution in [0.15, 0.2) is 24.4 Å². The zero-order valence-electron chi connectivity index (χ0n) is 22.5. The van der Waals surface area contributed by atoms with Gasteiger partial charge in [-0.2, -0.15) is 0 Å². The lowest BCUT2D eigenvalue weighted by Gasteiger charge is -2.39. The fourth-order valence-electron chi connectivity index (χ4n) is 4.16. The highest BCUT2D eigenvalue weighted by molar-refractivity contribution is 7.79. The molecule has 1 aromatic carbocycles. The van der Waals surface area contributed by atoms with Crippen molar-refractivity contribution in [3.63, 3.8) is 0 Å². The van der Waals surface area contributed by atoms with Crippen LogP contribution in [0.4, 0.5) is 4.39 Å². The van der Waals surface area contributed by atoms with Crippen LogP contribution in [0.2, 0.25) is 5.02 Å². The highest BCUT2D eigenvalue weighted by Crippen LogP contribution is 2.23. The van der Waals surface area contributed by atoms with Gasteiger partial charge >= 0.3 is 0 Å². The lowest BCUT2D eigenvalue weighted by Crippen LogP contribution is -2.50. The summed E-state index contributed by atoms with van der Waals surface area (Å²) < 4.78 is 49.3. The first-order chi connectivity index (χ1) is 17.0. The molecule has 1 heterocycles. The van der Waals surface area contributed by atoms with E-state index in [1.165, 1.54) is 88.1 Å². The summed E-state index contributed by atoms with van der Waals surface area (Å²) in [5.74, 6) is -0.385. The highest BCUT2D eigenvalue weighted by atomic mass is 35.5. The van der Waals surface area contributed by atoms with Crippen molar-refractivity contribution in [2.75, 3.05) is 32.7 Å². The first-order valence-corrected chi connectivity index (χ1v) is 14.9. The van der Waals surface area contributed by atoms with Crippen molar-refractivity contribution in [1.29, 1.82) is 0 Å². The van der Waals surface area contributed by atoms with E-state index in [0.29, 0.717) is 13.1 Å². The molecule has 10 heteroatoms. The molecule has 0 saturated carbocycles. The van der Waals surface area contributed by atoms with Gasteiger partial charge in [0.05, 0.1) is 31.2 Å². The van der Waals surface area contributed by atoms with Gasteiger partial charge in [-0.05, 0) is 43.9 Å². The molecule has 210 valence electrons. The van der Waals surface area contributed by atoms with Crippen molar-refractivity contribution in [3.8, 4) is 0 Å². The van der Waals surface area contributed by atoms with Crippen molar-refractivity contribution in [2.45, 2.75) is 85.6 Å². The fraction of sp³-hybridized carbons (Fsp3) is 0.692. The molecule has 0 aliphatic carbocycles. The van der Waals surface area contributed by atoms with Crippen LogP contribution in [-0.4, -0.2) is 59.3 Å². The molecule has 0 atom stereocenters. The van der Waals surface area contributed by atoms with Crippen LogP contribution in [0.25, 0.3) is 10.9 Å². The summed E-state index contributed by atoms with van der Waals surface area (Å²) in [6.07, 6.45) is 12.9. The Bertz CT molecular complexity index is 909. The number of fused-ring (bicyclic) bond motifs is 1. The van der Waals surface area contributed by atoms with Crippen molar-refractivity contribution >= 4 is 32.9 Å². The van der Waals surface area contributed by atoms with Gasteiger partial charge in [0.2, 0.25) is 10.4 Å². The van der Waals surface area contributed by atoms with Crippen LogP contribution in [0.3, 0.4) is 0 Å². The van der Waals surface area contributed by atoms with E-state index in [0.717, 1.165) is 10.9 Å².